The molecule has 8 heteroatoms. The number of rotatable bonds is 12. The number of benzene rings is 2. The summed E-state index contributed by atoms with van der Waals surface area (Å²) in [5.74, 6) is 1.98. The molecule has 2 aromatic carbocycles. The highest BCUT2D eigenvalue weighted by molar-refractivity contribution is 7.90. The maximum absolute atomic E-state index is 11.8. The van der Waals surface area contributed by atoms with Crippen LogP contribution >= 0.6 is 12.4 Å². The van der Waals surface area contributed by atoms with Crippen molar-refractivity contribution in [2.75, 3.05) is 33.6 Å². The molecule has 0 aliphatic carbocycles. The van der Waals surface area contributed by atoms with Gasteiger partial charge in [0.1, 0.15) is 30.5 Å². The summed E-state index contributed by atoms with van der Waals surface area (Å²) in [6.45, 7) is 2.69. The maximum atomic E-state index is 11.8. The summed E-state index contributed by atoms with van der Waals surface area (Å²) in [6, 6.07) is 13.5. The summed E-state index contributed by atoms with van der Waals surface area (Å²) in [5.41, 5.74) is 1.26. The van der Waals surface area contributed by atoms with Gasteiger partial charge in [0, 0.05) is 18.7 Å². The summed E-state index contributed by atoms with van der Waals surface area (Å²) in [6.07, 6.45) is 2.86. The van der Waals surface area contributed by atoms with E-state index in [-0.39, 0.29) is 25.1 Å². The third-order valence-electron chi connectivity index (χ3n) is 4.61. The van der Waals surface area contributed by atoms with Crippen molar-refractivity contribution >= 4 is 23.6 Å². The Bertz CT molecular complexity index is 745. The molecule has 0 saturated heterocycles. The number of hydrogen-bond donors (Lipinski definition) is 2. The van der Waals surface area contributed by atoms with Crippen LogP contribution in [0, 0.1) is 0 Å². The first kappa shape index (κ1) is 26.4. The normalized spacial score (nSPS) is 13.7. The number of aliphatic hydroxyl groups is 1. The minimum Gasteiger partial charge on any atom is -0.612 e. The minimum absolute atomic E-state index is 0. The number of aryl methyl sites for hydroxylation is 1. The van der Waals surface area contributed by atoms with Crippen LogP contribution in [-0.4, -0.2) is 55.4 Å². The average molecular weight is 458 g/mol. The molecule has 30 heavy (non-hydrogen) atoms. The molecule has 0 aromatic heterocycles. The summed E-state index contributed by atoms with van der Waals surface area (Å²) >= 11 is -1.18. The Kier molecular flexibility index (Phi) is 12.0. The zero-order valence-electron chi connectivity index (χ0n) is 17.9. The Morgan fingerprint density at radius 3 is 2.33 bits per heavy atom. The van der Waals surface area contributed by atoms with E-state index in [9.17, 15) is 9.66 Å². The second-order valence-electron chi connectivity index (χ2n) is 6.93. The van der Waals surface area contributed by atoms with Crippen molar-refractivity contribution in [3.8, 4) is 17.2 Å². The monoisotopic (exact) mass is 457 g/mol. The Morgan fingerprint density at radius 2 is 1.73 bits per heavy atom. The van der Waals surface area contributed by atoms with E-state index in [0.29, 0.717) is 22.9 Å². The molecule has 0 aliphatic heterocycles. The largest absolute Gasteiger partial charge is 0.612 e. The Hall–Kier alpha value is -1.64. The average Bonchev–Trinajstić information content (AvgIpc) is 2.74. The molecule has 3 unspecified atom stereocenters. The highest BCUT2D eigenvalue weighted by Gasteiger charge is 2.15. The fourth-order valence-electron chi connectivity index (χ4n) is 2.84. The fourth-order valence-corrected chi connectivity index (χ4v) is 3.55. The van der Waals surface area contributed by atoms with E-state index >= 15 is 0 Å². The van der Waals surface area contributed by atoms with Crippen molar-refractivity contribution in [3.05, 3.63) is 48.0 Å². The molecule has 0 bridgehead atoms. The quantitative estimate of drug-likeness (QED) is 0.476. The molecule has 0 amide bonds. The second-order valence-corrected chi connectivity index (χ2v) is 8.28. The van der Waals surface area contributed by atoms with Gasteiger partial charge in [-0.15, -0.1) is 12.4 Å². The van der Waals surface area contributed by atoms with E-state index in [2.05, 4.69) is 24.4 Å². The molecule has 2 rings (SSSR count). The molecule has 0 heterocycles. The number of halogens is 1. The molecule has 0 fully saturated rings. The predicted octanol–water partition coefficient (Wildman–Crippen LogP) is 3.21. The number of hydrogen-bond acceptors (Lipinski definition) is 6. The standard InChI is InChI=1S/C22H31NO5S.ClH/c1-16(5-6-17-7-9-19(26-2)10-8-17)23-14-18(24)15-28-20-11-12-21(27-3)22(13-20)29(4)25;/h7-13,16,18,23-24H,5-6,14-15H2,1-4H3;1H. The molecule has 2 aromatic rings. The third kappa shape index (κ3) is 8.62. The third-order valence-corrected chi connectivity index (χ3v) is 5.55. The number of methoxy groups -OCH3 is 2. The molecule has 168 valence electrons. The van der Waals surface area contributed by atoms with Gasteiger partial charge < -0.3 is 29.2 Å². The smallest absolute Gasteiger partial charge is 0.197 e. The van der Waals surface area contributed by atoms with E-state index < -0.39 is 17.3 Å². The van der Waals surface area contributed by atoms with Gasteiger partial charge in [0.05, 0.1) is 14.2 Å². The lowest BCUT2D eigenvalue weighted by molar-refractivity contribution is 0.103. The highest BCUT2D eigenvalue weighted by atomic mass is 35.5. The first-order valence-corrected chi connectivity index (χ1v) is 11.2. The van der Waals surface area contributed by atoms with E-state index in [1.165, 1.54) is 12.7 Å². The van der Waals surface area contributed by atoms with E-state index in [4.69, 9.17) is 14.2 Å². The molecule has 0 aliphatic rings. The van der Waals surface area contributed by atoms with Gasteiger partial charge in [-0.25, -0.2) is 0 Å². The van der Waals surface area contributed by atoms with Gasteiger partial charge in [-0.05, 0) is 60.8 Å². The summed E-state index contributed by atoms with van der Waals surface area (Å²) in [4.78, 5) is 0.574. The number of nitrogens with one attached hydrogen (secondary N) is 1. The zero-order valence-corrected chi connectivity index (χ0v) is 19.6. The SMILES string of the molecule is COc1ccc(CCC(C)NCC(O)COc2ccc(OC)c([S+](C)[O-])c2)cc1.Cl. The zero-order chi connectivity index (χ0) is 21.2. The lowest BCUT2D eigenvalue weighted by atomic mass is 10.1. The van der Waals surface area contributed by atoms with Crippen LogP contribution < -0.4 is 19.5 Å². The van der Waals surface area contributed by atoms with Gasteiger partial charge in [-0.1, -0.05) is 12.1 Å². The van der Waals surface area contributed by atoms with Crippen molar-refractivity contribution in [2.24, 2.45) is 0 Å². The molecule has 0 spiro atoms. The molecule has 2 N–H and O–H groups in total. The van der Waals surface area contributed by atoms with Gasteiger partial charge in [0.25, 0.3) is 0 Å². The van der Waals surface area contributed by atoms with E-state index in [0.717, 1.165) is 18.6 Å². The van der Waals surface area contributed by atoms with Crippen molar-refractivity contribution in [1.82, 2.24) is 5.32 Å². The van der Waals surface area contributed by atoms with Crippen LogP contribution in [-0.2, 0) is 17.6 Å². The van der Waals surface area contributed by atoms with Gasteiger partial charge in [-0.2, -0.15) is 0 Å². The number of ether oxygens (including phenoxy) is 3. The Balaban J connectivity index is 0.00000450. The van der Waals surface area contributed by atoms with Crippen molar-refractivity contribution in [3.63, 3.8) is 0 Å². The lowest BCUT2D eigenvalue weighted by Crippen LogP contribution is -2.36. The first-order valence-electron chi connectivity index (χ1n) is 9.61. The topological polar surface area (TPSA) is 83.0 Å². The van der Waals surface area contributed by atoms with Crippen molar-refractivity contribution in [1.29, 1.82) is 0 Å². The van der Waals surface area contributed by atoms with Crippen LogP contribution in [0.2, 0.25) is 0 Å². The minimum atomic E-state index is -1.18. The van der Waals surface area contributed by atoms with Crippen molar-refractivity contribution in [2.45, 2.75) is 36.8 Å². The molecule has 0 saturated carbocycles. The highest BCUT2D eigenvalue weighted by Crippen LogP contribution is 2.28. The van der Waals surface area contributed by atoms with Crippen molar-refractivity contribution < 1.29 is 23.9 Å². The van der Waals surface area contributed by atoms with Gasteiger partial charge in [0.2, 0.25) is 0 Å². The summed E-state index contributed by atoms with van der Waals surface area (Å²) in [5, 5.41) is 13.5. The van der Waals surface area contributed by atoms with Crippen LogP contribution in [0.15, 0.2) is 47.4 Å². The van der Waals surface area contributed by atoms with Crippen LogP contribution in [0.25, 0.3) is 0 Å². The predicted molar refractivity (Wildman–Crippen MR) is 123 cm³/mol. The Labute approximate surface area is 188 Å². The van der Waals surface area contributed by atoms with Gasteiger partial charge in [0.15, 0.2) is 10.6 Å². The lowest BCUT2D eigenvalue weighted by Gasteiger charge is -2.18. The van der Waals surface area contributed by atoms with Crippen LogP contribution in [0.1, 0.15) is 18.9 Å². The summed E-state index contributed by atoms with van der Waals surface area (Å²) < 4.78 is 27.8. The Morgan fingerprint density at radius 1 is 1.07 bits per heavy atom. The molecule has 6 nitrogen and oxygen atoms in total. The second kappa shape index (κ2) is 13.6. The van der Waals surface area contributed by atoms with Crippen LogP contribution in [0.3, 0.4) is 0 Å². The van der Waals surface area contributed by atoms with Gasteiger partial charge in [-0.3, -0.25) is 0 Å². The van der Waals surface area contributed by atoms with E-state index in [1.54, 1.807) is 31.6 Å². The molecule has 3 atom stereocenters. The fraction of sp³-hybridized carbons (Fsp3) is 0.455. The van der Waals surface area contributed by atoms with Crippen LogP contribution in [0.5, 0.6) is 17.2 Å². The molecule has 0 radical (unpaired) electrons. The number of aliphatic hydroxyl groups excluding tert-OH is 1. The summed E-state index contributed by atoms with van der Waals surface area (Å²) in [7, 11) is 3.20. The maximum Gasteiger partial charge on any atom is 0.197 e. The van der Waals surface area contributed by atoms with Crippen LogP contribution in [0.4, 0.5) is 0 Å². The van der Waals surface area contributed by atoms with Gasteiger partial charge >= 0.3 is 0 Å². The molecular weight excluding hydrogens is 426 g/mol. The molecular formula is C22H32ClNO5S. The first-order chi connectivity index (χ1) is 13.9. The van der Waals surface area contributed by atoms with E-state index in [1.807, 2.05) is 12.1 Å².